The van der Waals surface area contributed by atoms with Crippen LogP contribution in [0, 0.1) is 0 Å². The zero-order valence-corrected chi connectivity index (χ0v) is 13.8. The van der Waals surface area contributed by atoms with Crippen LogP contribution in [0.15, 0.2) is 0 Å². The molecule has 0 saturated carbocycles. The van der Waals surface area contributed by atoms with Crippen molar-refractivity contribution in [3.63, 3.8) is 0 Å². The van der Waals surface area contributed by atoms with Gasteiger partial charge in [-0.3, -0.25) is 9.59 Å². The normalized spacial score (nSPS) is 15.3. The highest BCUT2D eigenvalue weighted by atomic mass is 35.5. The van der Waals surface area contributed by atoms with Crippen LogP contribution in [-0.2, 0) is 14.3 Å². The van der Waals surface area contributed by atoms with E-state index in [1.807, 2.05) is 13.8 Å². The minimum Gasteiger partial charge on any atom is -0.378 e. The van der Waals surface area contributed by atoms with Crippen molar-refractivity contribution in [1.82, 2.24) is 10.2 Å². The Balaban J connectivity index is 0.00000400. The minimum atomic E-state index is -0.334. The summed E-state index contributed by atoms with van der Waals surface area (Å²) < 4.78 is 5.20. The number of carbonyl (C=O) groups is 2. The molecule has 3 N–H and O–H groups in total. The van der Waals surface area contributed by atoms with Crippen LogP contribution < -0.4 is 11.1 Å². The number of nitrogens with one attached hydrogen (secondary N) is 1. The van der Waals surface area contributed by atoms with Crippen LogP contribution in [0.5, 0.6) is 0 Å². The van der Waals surface area contributed by atoms with Gasteiger partial charge >= 0.3 is 0 Å². The molecule has 0 aromatic rings. The Morgan fingerprint density at radius 2 is 1.76 bits per heavy atom. The minimum absolute atomic E-state index is 0. The second-order valence-electron chi connectivity index (χ2n) is 5.23. The average molecular weight is 322 g/mol. The smallest absolute Gasteiger partial charge is 0.223 e. The van der Waals surface area contributed by atoms with Gasteiger partial charge in [-0.05, 0) is 12.8 Å². The highest BCUT2D eigenvalue weighted by molar-refractivity contribution is 5.85. The van der Waals surface area contributed by atoms with Crippen LogP contribution in [0.25, 0.3) is 0 Å². The first-order chi connectivity index (χ1) is 9.56. The summed E-state index contributed by atoms with van der Waals surface area (Å²) in [7, 11) is 0. The number of hydrogen-bond donors (Lipinski definition) is 2. The van der Waals surface area contributed by atoms with E-state index in [-0.39, 0.29) is 42.6 Å². The van der Waals surface area contributed by atoms with Gasteiger partial charge in [0.1, 0.15) is 0 Å². The van der Waals surface area contributed by atoms with Crippen molar-refractivity contribution in [1.29, 1.82) is 0 Å². The third-order valence-corrected chi connectivity index (χ3v) is 4.08. The standard InChI is InChI=1S/C14H27N3O3.ClH/c1-3-14(4-2,11-15)16-12(18)5-6-13(19)17-7-9-20-10-8-17;/h3-11,15H2,1-2H3,(H,16,18);1H. The lowest BCUT2D eigenvalue weighted by molar-refractivity contribution is -0.137. The number of carbonyl (C=O) groups excluding carboxylic acids is 2. The van der Waals surface area contributed by atoms with Crippen LogP contribution in [0.4, 0.5) is 0 Å². The molecule has 0 unspecified atom stereocenters. The number of rotatable bonds is 7. The molecule has 21 heavy (non-hydrogen) atoms. The third-order valence-electron chi connectivity index (χ3n) is 4.08. The molecule has 2 amide bonds. The second-order valence-corrected chi connectivity index (χ2v) is 5.23. The fraction of sp³-hybridized carbons (Fsp3) is 0.857. The van der Waals surface area contributed by atoms with Crippen molar-refractivity contribution in [3.8, 4) is 0 Å². The van der Waals surface area contributed by atoms with Crippen molar-refractivity contribution >= 4 is 24.2 Å². The molecule has 1 aliphatic heterocycles. The summed E-state index contributed by atoms with van der Waals surface area (Å²) in [5.74, 6) is -0.0736. The van der Waals surface area contributed by atoms with Gasteiger partial charge in [-0.15, -0.1) is 12.4 Å². The molecular formula is C14H28ClN3O3. The van der Waals surface area contributed by atoms with E-state index in [1.54, 1.807) is 4.90 Å². The first kappa shape index (κ1) is 20.1. The van der Waals surface area contributed by atoms with Crippen molar-refractivity contribution < 1.29 is 14.3 Å². The zero-order valence-electron chi connectivity index (χ0n) is 13.0. The molecule has 7 heteroatoms. The summed E-state index contributed by atoms with van der Waals surface area (Å²) in [5, 5.41) is 2.98. The molecule has 0 aliphatic carbocycles. The molecule has 1 fully saturated rings. The van der Waals surface area contributed by atoms with Crippen molar-refractivity contribution in [2.24, 2.45) is 5.73 Å². The summed E-state index contributed by atoms with van der Waals surface area (Å²) >= 11 is 0. The Morgan fingerprint density at radius 1 is 1.19 bits per heavy atom. The van der Waals surface area contributed by atoms with E-state index in [9.17, 15) is 9.59 Å². The van der Waals surface area contributed by atoms with Crippen LogP contribution in [0.1, 0.15) is 39.5 Å². The number of amides is 2. The molecule has 0 bridgehead atoms. The Kier molecular flexibility index (Phi) is 9.57. The van der Waals surface area contributed by atoms with Gasteiger partial charge in [0.05, 0.1) is 18.8 Å². The summed E-state index contributed by atoms with van der Waals surface area (Å²) in [5.41, 5.74) is 5.41. The highest BCUT2D eigenvalue weighted by Crippen LogP contribution is 2.13. The quantitative estimate of drug-likeness (QED) is 0.722. The molecule has 0 aromatic carbocycles. The van der Waals surface area contributed by atoms with Gasteiger partial charge in [-0.1, -0.05) is 13.8 Å². The van der Waals surface area contributed by atoms with E-state index < -0.39 is 0 Å². The SMILES string of the molecule is CCC(CC)(CN)NC(=O)CCC(=O)N1CCOCC1.Cl. The molecule has 1 rings (SSSR count). The second kappa shape index (κ2) is 9.97. The van der Waals surface area contributed by atoms with E-state index in [0.29, 0.717) is 32.8 Å². The molecule has 6 nitrogen and oxygen atoms in total. The molecule has 0 spiro atoms. The Hall–Kier alpha value is -0.850. The van der Waals surface area contributed by atoms with Gasteiger partial charge in [0.2, 0.25) is 11.8 Å². The van der Waals surface area contributed by atoms with E-state index in [4.69, 9.17) is 10.5 Å². The lowest BCUT2D eigenvalue weighted by Crippen LogP contribution is -2.53. The molecule has 1 heterocycles. The van der Waals surface area contributed by atoms with E-state index >= 15 is 0 Å². The van der Waals surface area contributed by atoms with Crippen LogP contribution in [-0.4, -0.2) is 55.1 Å². The summed E-state index contributed by atoms with van der Waals surface area (Å²) in [6, 6.07) is 0. The Labute approximate surface area is 133 Å². The maximum atomic E-state index is 12.0. The van der Waals surface area contributed by atoms with Crippen LogP contribution in [0.2, 0.25) is 0 Å². The molecule has 0 atom stereocenters. The topological polar surface area (TPSA) is 84.7 Å². The Bertz CT molecular complexity index is 321. The maximum Gasteiger partial charge on any atom is 0.223 e. The van der Waals surface area contributed by atoms with Crippen LogP contribution in [0.3, 0.4) is 0 Å². The molecule has 1 saturated heterocycles. The fourth-order valence-electron chi connectivity index (χ4n) is 2.32. The number of nitrogens with two attached hydrogens (primary N) is 1. The molecule has 1 aliphatic rings. The predicted octanol–water partition coefficient (Wildman–Crippen LogP) is 0.681. The predicted molar refractivity (Wildman–Crippen MR) is 84.4 cm³/mol. The summed E-state index contributed by atoms with van der Waals surface area (Å²) in [4.78, 5) is 25.7. The first-order valence-electron chi connectivity index (χ1n) is 7.43. The fourth-order valence-corrected chi connectivity index (χ4v) is 2.32. The lowest BCUT2D eigenvalue weighted by Gasteiger charge is -2.31. The van der Waals surface area contributed by atoms with Gasteiger partial charge in [-0.2, -0.15) is 0 Å². The monoisotopic (exact) mass is 321 g/mol. The van der Waals surface area contributed by atoms with E-state index in [0.717, 1.165) is 12.8 Å². The number of ether oxygens (including phenoxy) is 1. The molecule has 124 valence electrons. The average Bonchev–Trinajstić information content (AvgIpc) is 2.51. The summed E-state index contributed by atoms with van der Waals surface area (Å²) in [6.45, 7) is 6.85. The highest BCUT2D eigenvalue weighted by Gasteiger charge is 2.26. The molecule has 0 radical (unpaired) electrons. The van der Waals surface area contributed by atoms with Crippen molar-refractivity contribution in [2.45, 2.75) is 45.1 Å². The lowest BCUT2D eigenvalue weighted by atomic mass is 9.92. The van der Waals surface area contributed by atoms with Crippen LogP contribution >= 0.6 is 12.4 Å². The largest absolute Gasteiger partial charge is 0.378 e. The number of halogens is 1. The zero-order chi connectivity index (χ0) is 15.0. The van der Waals surface area contributed by atoms with Gasteiger partial charge < -0.3 is 20.7 Å². The first-order valence-corrected chi connectivity index (χ1v) is 7.43. The Morgan fingerprint density at radius 3 is 2.24 bits per heavy atom. The van der Waals surface area contributed by atoms with Crippen molar-refractivity contribution in [2.75, 3.05) is 32.8 Å². The maximum absolute atomic E-state index is 12.0. The van der Waals surface area contributed by atoms with Crippen molar-refractivity contribution in [3.05, 3.63) is 0 Å². The molecule has 0 aromatic heterocycles. The van der Waals surface area contributed by atoms with Gasteiger partial charge in [-0.25, -0.2) is 0 Å². The summed E-state index contributed by atoms with van der Waals surface area (Å²) in [6.07, 6.45) is 2.06. The van der Waals surface area contributed by atoms with Gasteiger partial charge in [0.15, 0.2) is 0 Å². The van der Waals surface area contributed by atoms with Gasteiger partial charge in [0.25, 0.3) is 0 Å². The number of hydrogen-bond acceptors (Lipinski definition) is 4. The number of nitrogens with zero attached hydrogens (tertiary/aromatic N) is 1. The third kappa shape index (κ3) is 6.20. The number of morpholine rings is 1. The van der Waals surface area contributed by atoms with E-state index in [1.165, 1.54) is 0 Å². The molecular weight excluding hydrogens is 294 g/mol. The van der Waals surface area contributed by atoms with Gasteiger partial charge in [0, 0.05) is 32.5 Å². The van der Waals surface area contributed by atoms with E-state index in [2.05, 4.69) is 5.32 Å².